The van der Waals surface area contributed by atoms with Gasteiger partial charge in [-0.05, 0) is 31.6 Å². The first-order valence-corrected chi connectivity index (χ1v) is 6.39. The molecule has 1 amide bonds. The van der Waals surface area contributed by atoms with E-state index in [1.54, 1.807) is 7.11 Å². The highest BCUT2D eigenvalue weighted by Gasteiger charge is 2.41. The van der Waals surface area contributed by atoms with Gasteiger partial charge >= 0.3 is 0 Å². The third kappa shape index (κ3) is 3.40. The summed E-state index contributed by atoms with van der Waals surface area (Å²) in [5, 5.41) is 3.01. The summed E-state index contributed by atoms with van der Waals surface area (Å²) >= 11 is 0. The largest absolute Gasteiger partial charge is 0.385 e. The molecule has 2 rings (SSSR count). The lowest BCUT2D eigenvalue weighted by molar-refractivity contribution is -0.123. The predicted octanol–water partition coefficient (Wildman–Crippen LogP) is 0.0339. The van der Waals surface area contributed by atoms with E-state index in [4.69, 9.17) is 15.2 Å². The number of carbonyl (C=O) groups excluding carboxylic acids is 1. The molecule has 5 heteroatoms. The van der Waals surface area contributed by atoms with Crippen LogP contribution in [-0.2, 0) is 14.3 Å². The lowest BCUT2D eigenvalue weighted by atomic mass is 10.1. The molecule has 0 radical (unpaired) electrons. The molecule has 2 aliphatic rings. The number of nitrogens with one attached hydrogen (secondary N) is 1. The zero-order valence-electron chi connectivity index (χ0n) is 10.4. The third-order valence-electron chi connectivity index (χ3n) is 3.52. The van der Waals surface area contributed by atoms with E-state index in [-0.39, 0.29) is 18.1 Å². The van der Waals surface area contributed by atoms with E-state index in [9.17, 15) is 4.79 Å². The van der Waals surface area contributed by atoms with Crippen molar-refractivity contribution in [3.8, 4) is 0 Å². The molecule has 3 unspecified atom stereocenters. The number of hydrogen-bond acceptors (Lipinski definition) is 4. The summed E-state index contributed by atoms with van der Waals surface area (Å²) in [4.78, 5) is 11.8. The predicted molar refractivity (Wildman–Crippen MR) is 63.5 cm³/mol. The number of hydrogen-bond donors (Lipinski definition) is 2. The highest BCUT2D eigenvalue weighted by Crippen LogP contribution is 2.38. The first-order chi connectivity index (χ1) is 8.22. The Morgan fingerprint density at radius 3 is 2.94 bits per heavy atom. The molecule has 1 heterocycles. The van der Waals surface area contributed by atoms with Gasteiger partial charge in [-0.2, -0.15) is 0 Å². The van der Waals surface area contributed by atoms with Crippen LogP contribution in [0.15, 0.2) is 0 Å². The normalized spacial score (nSPS) is 30.2. The molecule has 5 nitrogen and oxygen atoms in total. The molecule has 3 N–H and O–H groups in total. The minimum Gasteiger partial charge on any atom is -0.385 e. The lowest BCUT2D eigenvalue weighted by Gasteiger charge is -2.21. The van der Waals surface area contributed by atoms with E-state index in [0.717, 1.165) is 13.0 Å². The maximum absolute atomic E-state index is 11.8. The van der Waals surface area contributed by atoms with E-state index in [0.29, 0.717) is 18.9 Å². The Balaban J connectivity index is 1.76. The summed E-state index contributed by atoms with van der Waals surface area (Å²) < 4.78 is 10.6. The maximum Gasteiger partial charge on any atom is 0.237 e. The molecular weight excluding hydrogens is 220 g/mol. The number of ether oxygens (including phenoxy) is 2. The Kier molecular flexibility index (Phi) is 4.36. The van der Waals surface area contributed by atoms with E-state index in [1.165, 1.54) is 12.8 Å². The summed E-state index contributed by atoms with van der Waals surface area (Å²) in [7, 11) is 1.61. The summed E-state index contributed by atoms with van der Waals surface area (Å²) in [6.45, 7) is 1.27. The van der Waals surface area contributed by atoms with Gasteiger partial charge in [0.15, 0.2) is 0 Å². The van der Waals surface area contributed by atoms with Crippen molar-refractivity contribution in [2.24, 2.45) is 11.7 Å². The molecule has 3 atom stereocenters. The van der Waals surface area contributed by atoms with Crippen LogP contribution in [0.2, 0.25) is 0 Å². The van der Waals surface area contributed by atoms with Crippen LogP contribution >= 0.6 is 0 Å². The van der Waals surface area contributed by atoms with Crippen LogP contribution in [0.3, 0.4) is 0 Å². The number of carbonyl (C=O) groups is 1. The molecule has 0 aromatic heterocycles. The van der Waals surface area contributed by atoms with Crippen molar-refractivity contribution in [3.63, 3.8) is 0 Å². The SMILES string of the molecule is COCCC(N)C(=O)NC1CCOC1C1CC1. The van der Waals surface area contributed by atoms with Crippen molar-refractivity contribution in [3.05, 3.63) is 0 Å². The van der Waals surface area contributed by atoms with Crippen LogP contribution in [0.5, 0.6) is 0 Å². The molecule has 17 heavy (non-hydrogen) atoms. The molecule has 2 fully saturated rings. The van der Waals surface area contributed by atoms with E-state index >= 15 is 0 Å². The number of rotatable bonds is 6. The lowest BCUT2D eigenvalue weighted by Crippen LogP contribution is -2.48. The summed E-state index contributed by atoms with van der Waals surface area (Å²) in [6, 6.07) is -0.320. The number of methoxy groups -OCH3 is 1. The highest BCUT2D eigenvalue weighted by molar-refractivity contribution is 5.81. The van der Waals surface area contributed by atoms with Crippen molar-refractivity contribution in [2.75, 3.05) is 20.3 Å². The van der Waals surface area contributed by atoms with Gasteiger partial charge in [0, 0.05) is 20.3 Å². The monoisotopic (exact) mass is 242 g/mol. The van der Waals surface area contributed by atoms with Crippen LogP contribution in [0, 0.1) is 5.92 Å². The molecule has 1 saturated carbocycles. The Bertz CT molecular complexity index is 268. The number of nitrogens with two attached hydrogens (primary N) is 1. The minimum atomic E-state index is -0.476. The molecule has 1 saturated heterocycles. The van der Waals surface area contributed by atoms with Gasteiger partial charge in [0.05, 0.1) is 18.2 Å². The minimum absolute atomic E-state index is 0.0804. The van der Waals surface area contributed by atoms with Crippen LogP contribution in [-0.4, -0.2) is 44.4 Å². The van der Waals surface area contributed by atoms with Crippen molar-refractivity contribution in [1.82, 2.24) is 5.32 Å². The van der Waals surface area contributed by atoms with Gasteiger partial charge in [0.25, 0.3) is 0 Å². The van der Waals surface area contributed by atoms with Crippen LogP contribution < -0.4 is 11.1 Å². The Labute approximate surface area is 102 Å². The Morgan fingerprint density at radius 1 is 1.53 bits per heavy atom. The average Bonchev–Trinajstić information content (AvgIpc) is 3.07. The van der Waals surface area contributed by atoms with Gasteiger partial charge < -0.3 is 20.5 Å². The van der Waals surface area contributed by atoms with Gasteiger partial charge in [-0.3, -0.25) is 4.79 Å². The Morgan fingerprint density at radius 2 is 2.29 bits per heavy atom. The molecule has 0 bridgehead atoms. The van der Waals surface area contributed by atoms with E-state index in [2.05, 4.69) is 5.32 Å². The summed E-state index contributed by atoms with van der Waals surface area (Å²) in [6.07, 6.45) is 4.14. The van der Waals surface area contributed by atoms with Crippen molar-refractivity contribution < 1.29 is 14.3 Å². The van der Waals surface area contributed by atoms with Gasteiger partial charge in [-0.15, -0.1) is 0 Å². The van der Waals surface area contributed by atoms with Crippen molar-refractivity contribution in [2.45, 2.75) is 43.9 Å². The topological polar surface area (TPSA) is 73.6 Å². The van der Waals surface area contributed by atoms with Gasteiger partial charge in [0.1, 0.15) is 0 Å². The summed E-state index contributed by atoms with van der Waals surface area (Å²) in [5.74, 6) is 0.571. The zero-order chi connectivity index (χ0) is 12.3. The number of amides is 1. The summed E-state index contributed by atoms with van der Waals surface area (Å²) in [5.41, 5.74) is 5.79. The fourth-order valence-electron chi connectivity index (χ4n) is 2.32. The van der Waals surface area contributed by atoms with Crippen LogP contribution in [0.25, 0.3) is 0 Å². The van der Waals surface area contributed by atoms with Gasteiger partial charge in [-0.1, -0.05) is 0 Å². The van der Waals surface area contributed by atoms with Gasteiger partial charge in [0.2, 0.25) is 5.91 Å². The van der Waals surface area contributed by atoms with Crippen molar-refractivity contribution in [1.29, 1.82) is 0 Å². The third-order valence-corrected chi connectivity index (χ3v) is 3.52. The average molecular weight is 242 g/mol. The standard InChI is InChI=1S/C12H22N2O3/c1-16-6-4-9(13)12(15)14-10-5-7-17-11(10)8-2-3-8/h8-11H,2-7,13H2,1H3,(H,14,15). The fourth-order valence-corrected chi connectivity index (χ4v) is 2.32. The molecule has 0 spiro atoms. The second kappa shape index (κ2) is 5.80. The molecule has 1 aliphatic heterocycles. The zero-order valence-corrected chi connectivity index (χ0v) is 10.4. The van der Waals surface area contributed by atoms with Crippen LogP contribution in [0.4, 0.5) is 0 Å². The van der Waals surface area contributed by atoms with Crippen LogP contribution in [0.1, 0.15) is 25.7 Å². The second-order valence-electron chi connectivity index (χ2n) is 4.96. The quantitative estimate of drug-likeness (QED) is 0.689. The first kappa shape index (κ1) is 12.8. The molecule has 98 valence electrons. The van der Waals surface area contributed by atoms with Crippen molar-refractivity contribution >= 4 is 5.91 Å². The molecular formula is C12H22N2O3. The van der Waals surface area contributed by atoms with E-state index < -0.39 is 6.04 Å². The Hall–Kier alpha value is -0.650. The van der Waals surface area contributed by atoms with Gasteiger partial charge in [-0.25, -0.2) is 0 Å². The maximum atomic E-state index is 11.8. The van der Waals surface area contributed by atoms with E-state index in [1.807, 2.05) is 0 Å². The molecule has 0 aromatic rings. The fraction of sp³-hybridized carbons (Fsp3) is 0.917. The molecule has 1 aliphatic carbocycles. The highest BCUT2D eigenvalue weighted by atomic mass is 16.5. The second-order valence-corrected chi connectivity index (χ2v) is 4.96. The first-order valence-electron chi connectivity index (χ1n) is 6.39. The smallest absolute Gasteiger partial charge is 0.237 e. The molecule has 0 aromatic carbocycles.